The Hall–Kier alpha value is -1.58. The zero-order valence-corrected chi connectivity index (χ0v) is 17.8. The largest absolute Gasteiger partial charge is 0.391 e. The van der Waals surface area contributed by atoms with E-state index in [1.807, 2.05) is 18.5 Å². The lowest BCUT2D eigenvalue weighted by Crippen LogP contribution is -2.46. The van der Waals surface area contributed by atoms with Gasteiger partial charge < -0.3 is 15.3 Å². The van der Waals surface area contributed by atoms with Gasteiger partial charge in [0.2, 0.25) is 0 Å². The predicted molar refractivity (Wildman–Crippen MR) is 115 cm³/mol. The highest BCUT2D eigenvalue weighted by Crippen LogP contribution is 2.39. The molecule has 0 aliphatic carbocycles. The van der Waals surface area contributed by atoms with Crippen LogP contribution in [0.1, 0.15) is 42.6 Å². The molecule has 0 amide bonds. The summed E-state index contributed by atoms with van der Waals surface area (Å²) in [7, 11) is 0. The summed E-state index contributed by atoms with van der Waals surface area (Å²) >= 11 is 3.66. The number of aromatic nitrogens is 2. The molecular formula is C21H27BrN6O. The van der Waals surface area contributed by atoms with Crippen molar-refractivity contribution in [2.45, 2.75) is 43.5 Å². The van der Waals surface area contributed by atoms with Crippen molar-refractivity contribution in [1.82, 2.24) is 26.1 Å². The molecule has 4 N–H and O–H groups in total. The third-order valence-electron chi connectivity index (χ3n) is 6.41. The van der Waals surface area contributed by atoms with Crippen LogP contribution in [0, 0.1) is 5.92 Å². The molecular weight excluding hydrogens is 432 g/mol. The number of hydrazine groups is 1. The number of halogens is 1. The van der Waals surface area contributed by atoms with Gasteiger partial charge >= 0.3 is 0 Å². The normalized spacial score (nSPS) is 32.2. The molecule has 0 bridgehead atoms. The number of aliphatic hydroxyl groups excluding tert-OH is 1. The van der Waals surface area contributed by atoms with Gasteiger partial charge in [-0.1, -0.05) is 6.07 Å². The summed E-state index contributed by atoms with van der Waals surface area (Å²) in [6, 6.07) is 9.18. The maximum absolute atomic E-state index is 10.1. The Kier molecular flexibility index (Phi) is 5.53. The van der Waals surface area contributed by atoms with Gasteiger partial charge in [0.1, 0.15) is 5.82 Å². The minimum absolute atomic E-state index is 0.155. The molecule has 5 atom stereocenters. The van der Waals surface area contributed by atoms with E-state index < -0.39 is 0 Å². The first-order valence-electron chi connectivity index (χ1n) is 10.4. The number of piperidine rings is 2. The van der Waals surface area contributed by atoms with E-state index in [-0.39, 0.29) is 12.1 Å². The number of anilines is 1. The van der Waals surface area contributed by atoms with Gasteiger partial charge in [0.05, 0.1) is 22.3 Å². The number of hydrogen-bond donors (Lipinski definition) is 4. The van der Waals surface area contributed by atoms with Gasteiger partial charge in [0, 0.05) is 50.0 Å². The monoisotopic (exact) mass is 458 g/mol. The molecule has 29 heavy (non-hydrogen) atoms. The van der Waals surface area contributed by atoms with Gasteiger partial charge in [-0.15, -0.1) is 0 Å². The predicted octanol–water partition coefficient (Wildman–Crippen LogP) is 2.07. The van der Waals surface area contributed by atoms with Crippen molar-refractivity contribution in [3.63, 3.8) is 0 Å². The molecule has 7 nitrogen and oxygen atoms in total. The van der Waals surface area contributed by atoms with E-state index in [1.54, 1.807) is 0 Å². The van der Waals surface area contributed by atoms with E-state index in [0.717, 1.165) is 48.3 Å². The van der Waals surface area contributed by atoms with Crippen molar-refractivity contribution >= 4 is 21.7 Å². The lowest BCUT2D eigenvalue weighted by atomic mass is 9.81. The summed E-state index contributed by atoms with van der Waals surface area (Å²) in [5.74, 6) is 1.37. The van der Waals surface area contributed by atoms with Crippen molar-refractivity contribution in [2.24, 2.45) is 5.92 Å². The maximum Gasteiger partial charge on any atom is 0.143 e. The third-order valence-corrected chi connectivity index (χ3v) is 7.03. The van der Waals surface area contributed by atoms with Crippen LogP contribution < -0.4 is 21.1 Å². The molecule has 154 valence electrons. The SMILES string of the molecule is O[C@@H]1CCCN(c2nc(C3NNC4CNC(c5cccnc5)CC43)ccc2Br)C1. The number of rotatable bonds is 3. The van der Waals surface area contributed by atoms with Gasteiger partial charge in [-0.05, 0) is 59.0 Å². The molecule has 0 saturated carbocycles. The van der Waals surface area contributed by atoms with Crippen LogP contribution in [0.25, 0.3) is 0 Å². The molecule has 3 saturated heterocycles. The minimum atomic E-state index is -0.276. The number of aliphatic hydroxyl groups is 1. The second-order valence-electron chi connectivity index (χ2n) is 8.30. The molecule has 5 heterocycles. The van der Waals surface area contributed by atoms with Gasteiger partial charge in [0.25, 0.3) is 0 Å². The van der Waals surface area contributed by atoms with Crippen molar-refractivity contribution in [3.8, 4) is 0 Å². The lowest BCUT2D eigenvalue weighted by molar-refractivity contribution is 0.153. The number of nitrogens with one attached hydrogen (secondary N) is 3. The molecule has 8 heteroatoms. The van der Waals surface area contributed by atoms with E-state index in [2.05, 4.69) is 60.2 Å². The van der Waals surface area contributed by atoms with Crippen molar-refractivity contribution in [2.75, 3.05) is 24.5 Å². The van der Waals surface area contributed by atoms with E-state index >= 15 is 0 Å². The average Bonchev–Trinajstić information content (AvgIpc) is 3.18. The quantitative estimate of drug-likeness (QED) is 0.559. The molecule has 0 aromatic carbocycles. The van der Waals surface area contributed by atoms with E-state index in [1.165, 1.54) is 5.56 Å². The molecule has 4 unspecified atom stereocenters. The summed E-state index contributed by atoms with van der Waals surface area (Å²) in [4.78, 5) is 11.5. The number of nitrogens with zero attached hydrogens (tertiary/aromatic N) is 3. The Bertz CT molecular complexity index is 852. The smallest absolute Gasteiger partial charge is 0.143 e. The topological polar surface area (TPSA) is 85.3 Å². The highest BCUT2D eigenvalue weighted by Gasteiger charge is 2.42. The Balaban J connectivity index is 1.38. The summed E-state index contributed by atoms with van der Waals surface area (Å²) in [5, 5.41) is 13.7. The fourth-order valence-electron chi connectivity index (χ4n) is 4.89. The third kappa shape index (κ3) is 3.92. The van der Waals surface area contributed by atoms with Crippen molar-refractivity contribution in [1.29, 1.82) is 0 Å². The highest BCUT2D eigenvalue weighted by molar-refractivity contribution is 9.10. The average molecular weight is 459 g/mol. The second-order valence-corrected chi connectivity index (χ2v) is 9.16. The first-order valence-corrected chi connectivity index (χ1v) is 11.2. The van der Waals surface area contributed by atoms with E-state index in [0.29, 0.717) is 24.5 Å². The highest BCUT2D eigenvalue weighted by atomic mass is 79.9. The zero-order valence-electron chi connectivity index (χ0n) is 16.3. The molecule has 3 fully saturated rings. The number of β-amino-alcohol motifs (C(OH)–C–C–N with tert-alkyl or cyclic N) is 1. The van der Waals surface area contributed by atoms with Crippen LogP contribution in [0.2, 0.25) is 0 Å². The molecule has 0 radical (unpaired) electrons. The van der Waals surface area contributed by atoms with Crippen LogP contribution in [0.15, 0.2) is 41.1 Å². The van der Waals surface area contributed by atoms with Crippen molar-refractivity contribution < 1.29 is 5.11 Å². The van der Waals surface area contributed by atoms with Gasteiger partial charge in [0.15, 0.2) is 0 Å². The van der Waals surface area contributed by atoms with Crippen LogP contribution in [-0.2, 0) is 0 Å². The zero-order chi connectivity index (χ0) is 19.8. The Morgan fingerprint density at radius 2 is 2.14 bits per heavy atom. The van der Waals surface area contributed by atoms with Crippen LogP contribution in [0.3, 0.4) is 0 Å². The summed E-state index contributed by atoms with van der Waals surface area (Å²) in [6.07, 6.45) is 6.39. The molecule has 0 spiro atoms. The second kappa shape index (κ2) is 8.28. The molecule has 3 aliphatic rings. The summed E-state index contributed by atoms with van der Waals surface area (Å²) in [6.45, 7) is 2.49. The fourth-order valence-corrected chi connectivity index (χ4v) is 5.36. The summed E-state index contributed by atoms with van der Waals surface area (Å²) < 4.78 is 0.983. The van der Waals surface area contributed by atoms with Crippen LogP contribution >= 0.6 is 15.9 Å². The van der Waals surface area contributed by atoms with E-state index in [4.69, 9.17) is 4.98 Å². The van der Waals surface area contributed by atoms with Gasteiger partial charge in [-0.3, -0.25) is 10.4 Å². The number of pyridine rings is 2. The van der Waals surface area contributed by atoms with Crippen LogP contribution in [-0.4, -0.2) is 46.9 Å². The first kappa shape index (κ1) is 19.4. The Morgan fingerprint density at radius 1 is 1.21 bits per heavy atom. The maximum atomic E-state index is 10.1. The number of hydrogen-bond acceptors (Lipinski definition) is 7. The lowest BCUT2D eigenvalue weighted by Gasteiger charge is -2.35. The Morgan fingerprint density at radius 3 is 2.97 bits per heavy atom. The van der Waals surface area contributed by atoms with E-state index in [9.17, 15) is 5.11 Å². The first-order chi connectivity index (χ1) is 14.2. The molecule has 2 aromatic heterocycles. The standard InChI is InChI=1S/C21H27BrN6O/c22-16-5-6-17(25-21(16)28-8-2-4-14(29)12-28)20-15-9-18(13-3-1-7-23-10-13)24-11-19(15)26-27-20/h1,3,5-7,10,14-15,18-20,24,26-27,29H,2,4,8-9,11-12H2/t14-,15?,18?,19?,20?/m1/s1. The van der Waals surface area contributed by atoms with Crippen molar-refractivity contribution in [3.05, 3.63) is 52.4 Å². The van der Waals surface area contributed by atoms with Crippen LogP contribution in [0.4, 0.5) is 5.82 Å². The molecule has 5 rings (SSSR count). The van der Waals surface area contributed by atoms with Gasteiger partial charge in [-0.2, -0.15) is 0 Å². The fraction of sp³-hybridized carbons (Fsp3) is 0.524. The minimum Gasteiger partial charge on any atom is -0.391 e. The summed E-state index contributed by atoms with van der Waals surface area (Å²) in [5.41, 5.74) is 9.25. The molecule has 3 aliphatic heterocycles. The Labute approximate surface area is 179 Å². The van der Waals surface area contributed by atoms with Gasteiger partial charge in [-0.25, -0.2) is 10.4 Å². The molecule has 2 aromatic rings. The number of fused-ring (bicyclic) bond motifs is 1. The van der Waals surface area contributed by atoms with Crippen LogP contribution in [0.5, 0.6) is 0 Å².